The first kappa shape index (κ1) is 21.9. The van der Waals surface area contributed by atoms with E-state index in [9.17, 15) is 4.79 Å². The molecule has 0 atom stereocenters. The van der Waals surface area contributed by atoms with Gasteiger partial charge in [0.1, 0.15) is 23.9 Å². The fourth-order valence-corrected chi connectivity index (χ4v) is 3.86. The summed E-state index contributed by atoms with van der Waals surface area (Å²) in [6.45, 7) is 8.11. The van der Waals surface area contributed by atoms with Crippen molar-refractivity contribution in [2.24, 2.45) is 0 Å². The number of aryl methyl sites for hydroxylation is 2. The van der Waals surface area contributed by atoms with Crippen LogP contribution in [0.5, 0.6) is 11.5 Å². The van der Waals surface area contributed by atoms with Crippen molar-refractivity contribution in [3.05, 3.63) is 76.7 Å². The highest BCUT2D eigenvalue weighted by molar-refractivity contribution is 5.94. The summed E-state index contributed by atoms with van der Waals surface area (Å²) in [6.07, 6.45) is 0. The van der Waals surface area contributed by atoms with Crippen molar-refractivity contribution in [1.82, 2.24) is 15.0 Å². The Balaban J connectivity index is 1.31. The zero-order valence-electron chi connectivity index (χ0n) is 18.8. The van der Waals surface area contributed by atoms with Crippen molar-refractivity contribution in [2.45, 2.75) is 27.0 Å². The van der Waals surface area contributed by atoms with Gasteiger partial charge in [-0.25, -0.2) is 0 Å². The molecule has 0 unspecified atom stereocenters. The minimum atomic E-state index is 0.0388. The molecule has 0 N–H and O–H groups in total. The molecule has 1 aliphatic rings. The Morgan fingerprint density at radius 3 is 2.44 bits per heavy atom. The van der Waals surface area contributed by atoms with E-state index in [1.54, 1.807) is 7.11 Å². The molecule has 0 bridgehead atoms. The Morgan fingerprint density at radius 1 is 1.03 bits per heavy atom. The van der Waals surface area contributed by atoms with Gasteiger partial charge >= 0.3 is 0 Å². The Kier molecular flexibility index (Phi) is 6.75. The number of hydrogen-bond donors (Lipinski definition) is 0. The van der Waals surface area contributed by atoms with Crippen LogP contribution in [0.15, 0.2) is 53.1 Å². The van der Waals surface area contributed by atoms with Gasteiger partial charge in [-0.05, 0) is 49.7 Å². The maximum atomic E-state index is 13.0. The standard InChI is InChI=1S/C25H29N3O4/c1-18-24(19(2)32-26-18)17-31-23-6-4-5-21(15-23)25(29)28-13-11-27(12-14-28)16-20-7-9-22(30-3)10-8-20/h4-10,15H,11-14,16-17H2,1-3H3. The van der Waals surface area contributed by atoms with Crippen molar-refractivity contribution < 1.29 is 18.8 Å². The number of hydrogen-bond acceptors (Lipinski definition) is 6. The van der Waals surface area contributed by atoms with E-state index >= 15 is 0 Å². The van der Waals surface area contributed by atoms with Crippen LogP contribution in [0.2, 0.25) is 0 Å². The summed E-state index contributed by atoms with van der Waals surface area (Å²) in [4.78, 5) is 17.3. The average molecular weight is 436 g/mol. The van der Waals surface area contributed by atoms with Gasteiger partial charge in [0.25, 0.3) is 5.91 Å². The molecule has 2 heterocycles. The second-order valence-electron chi connectivity index (χ2n) is 8.04. The van der Waals surface area contributed by atoms with Crippen molar-refractivity contribution in [2.75, 3.05) is 33.3 Å². The van der Waals surface area contributed by atoms with Gasteiger partial charge in [0.2, 0.25) is 0 Å². The maximum Gasteiger partial charge on any atom is 0.254 e. The molecular weight excluding hydrogens is 406 g/mol. The molecule has 0 radical (unpaired) electrons. The van der Waals surface area contributed by atoms with E-state index in [-0.39, 0.29) is 5.91 Å². The van der Waals surface area contributed by atoms with Crippen molar-refractivity contribution >= 4 is 5.91 Å². The number of aromatic nitrogens is 1. The summed E-state index contributed by atoms with van der Waals surface area (Å²) in [5.74, 6) is 2.31. The molecule has 0 aliphatic carbocycles. The lowest BCUT2D eigenvalue weighted by Gasteiger charge is -2.34. The molecule has 1 aromatic heterocycles. The summed E-state index contributed by atoms with van der Waals surface area (Å²) in [5, 5.41) is 3.95. The van der Waals surface area contributed by atoms with E-state index in [0.29, 0.717) is 31.0 Å². The molecule has 1 amide bonds. The van der Waals surface area contributed by atoms with E-state index in [0.717, 1.165) is 42.4 Å². The van der Waals surface area contributed by atoms with Gasteiger partial charge in [-0.15, -0.1) is 0 Å². The van der Waals surface area contributed by atoms with Crippen molar-refractivity contribution in [3.63, 3.8) is 0 Å². The molecule has 4 rings (SSSR count). The normalized spacial score (nSPS) is 14.4. The lowest BCUT2D eigenvalue weighted by Crippen LogP contribution is -2.48. The second kappa shape index (κ2) is 9.87. The summed E-state index contributed by atoms with van der Waals surface area (Å²) in [6, 6.07) is 15.5. The van der Waals surface area contributed by atoms with Crippen LogP contribution in [0.3, 0.4) is 0 Å². The predicted molar refractivity (Wildman–Crippen MR) is 121 cm³/mol. The predicted octanol–water partition coefficient (Wildman–Crippen LogP) is 3.84. The van der Waals surface area contributed by atoms with Gasteiger partial charge < -0.3 is 18.9 Å². The van der Waals surface area contributed by atoms with E-state index in [1.807, 2.05) is 55.1 Å². The maximum absolute atomic E-state index is 13.0. The number of benzene rings is 2. The number of methoxy groups -OCH3 is 1. The lowest BCUT2D eigenvalue weighted by molar-refractivity contribution is 0.0628. The number of rotatable bonds is 7. The number of carbonyl (C=O) groups excluding carboxylic acids is 1. The van der Waals surface area contributed by atoms with Gasteiger partial charge in [-0.2, -0.15) is 0 Å². The SMILES string of the molecule is COc1ccc(CN2CCN(C(=O)c3cccc(OCc4c(C)noc4C)c3)CC2)cc1. The first-order valence-corrected chi connectivity index (χ1v) is 10.8. The van der Waals surface area contributed by atoms with Crippen LogP contribution < -0.4 is 9.47 Å². The molecule has 3 aromatic rings. The number of nitrogens with zero attached hydrogens (tertiary/aromatic N) is 3. The Hall–Kier alpha value is -3.32. The molecule has 1 saturated heterocycles. The molecule has 168 valence electrons. The first-order chi connectivity index (χ1) is 15.5. The third-order valence-corrected chi connectivity index (χ3v) is 5.87. The monoisotopic (exact) mass is 435 g/mol. The number of amides is 1. The number of piperazine rings is 1. The fourth-order valence-electron chi connectivity index (χ4n) is 3.86. The highest BCUT2D eigenvalue weighted by Gasteiger charge is 2.22. The number of ether oxygens (including phenoxy) is 2. The molecule has 0 spiro atoms. The van der Waals surface area contributed by atoms with Gasteiger partial charge in [0.05, 0.1) is 18.4 Å². The highest BCUT2D eigenvalue weighted by Crippen LogP contribution is 2.20. The quantitative estimate of drug-likeness (QED) is 0.562. The molecule has 7 nitrogen and oxygen atoms in total. The van der Waals surface area contributed by atoms with Gasteiger partial charge in [0.15, 0.2) is 0 Å². The molecule has 7 heteroatoms. The largest absolute Gasteiger partial charge is 0.497 e. The molecule has 32 heavy (non-hydrogen) atoms. The van der Waals surface area contributed by atoms with Crippen molar-refractivity contribution in [3.8, 4) is 11.5 Å². The minimum Gasteiger partial charge on any atom is -0.497 e. The summed E-state index contributed by atoms with van der Waals surface area (Å²) < 4.78 is 16.3. The molecule has 1 aliphatic heterocycles. The lowest BCUT2D eigenvalue weighted by atomic mass is 10.1. The van der Waals surface area contributed by atoms with Crippen molar-refractivity contribution in [1.29, 1.82) is 0 Å². The van der Waals surface area contributed by atoms with Crippen LogP contribution in [-0.4, -0.2) is 54.2 Å². The smallest absolute Gasteiger partial charge is 0.254 e. The third-order valence-electron chi connectivity index (χ3n) is 5.87. The van der Waals surface area contributed by atoms with Crippen LogP contribution in [0.25, 0.3) is 0 Å². The van der Waals surface area contributed by atoms with E-state index in [2.05, 4.69) is 22.2 Å². The zero-order valence-corrected chi connectivity index (χ0v) is 18.8. The molecule has 0 saturated carbocycles. The van der Waals surface area contributed by atoms with E-state index in [1.165, 1.54) is 5.56 Å². The van der Waals surface area contributed by atoms with Gasteiger partial charge in [-0.3, -0.25) is 9.69 Å². The van der Waals surface area contributed by atoms with Crippen LogP contribution >= 0.6 is 0 Å². The van der Waals surface area contributed by atoms with Gasteiger partial charge in [-0.1, -0.05) is 23.4 Å². The molecule has 2 aromatic carbocycles. The van der Waals surface area contributed by atoms with E-state index < -0.39 is 0 Å². The minimum absolute atomic E-state index is 0.0388. The Morgan fingerprint density at radius 2 is 1.78 bits per heavy atom. The highest BCUT2D eigenvalue weighted by atomic mass is 16.5. The van der Waals surface area contributed by atoms with Gasteiger partial charge in [0, 0.05) is 38.3 Å². The molecular formula is C25H29N3O4. The van der Waals surface area contributed by atoms with Crippen LogP contribution in [-0.2, 0) is 13.2 Å². The first-order valence-electron chi connectivity index (χ1n) is 10.8. The van der Waals surface area contributed by atoms with Crippen LogP contribution in [0.1, 0.15) is 32.9 Å². The number of carbonyl (C=O) groups is 1. The van der Waals surface area contributed by atoms with Crippen LogP contribution in [0.4, 0.5) is 0 Å². The Bertz CT molecular complexity index is 1030. The molecule has 1 fully saturated rings. The topological polar surface area (TPSA) is 68.0 Å². The van der Waals surface area contributed by atoms with E-state index in [4.69, 9.17) is 14.0 Å². The summed E-state index contributed by atoms with van der Waals surface area (Å²) >= 11 is 0. The van der Waals surface area contributed by atoms with Crippen LogP contribution in [0, 0.1) is 13.8 Å². The fraction of sp³-hybridized carbons (Fsp3) is 0.360. The zero-order chi connectivity index (χ0) is 22.5. The third kappa shape index (κ3) is 5.11. The summed E-state index contributed by atoms with van der Waals surface area (Å²) in [7, 11) is 1.67. The average Bonchev–Trinajstić information content (AvgIpc) is 3.15. The second-order valence-corrected chi connectivity index (χ2v) is 8.04. The summed E-state index contributed by atoms with van der Waals surface area (Å²) in [5.41, 5.74) is 3.65. The Labute approximate surface area is 188 Å².